The molecule has 0 aliphatic heterocycles. The van der Waals surface area contributed by atoms with E-state index in [-0.39, 0.29) is 39.6 Å². The Morgan fingerprint density at radius 2 is 0.596 bits per heavy atom. The van der Waals surface area contributed by atoms with Crippen LogP contribution in [0.5, 0.6) is 0 Å². The second kappa shape index (κ2) is 41.0. The van der Waals surface area contributed by atoms with Crippen LogP contribution in [0.1, 0.15) is 20.8 Å². The third-order valence-corrected chi connectivity index (χ3v) is 11.0. The van der Waals surface area contributed by atoms with E-state index in [2.05, 4.69) is 182 Å². The first kappa shape index (κ1) is 56.3. The van der Waals surface area contributed by atoms with E-state index in [1.165, 1.54) is 27.1 Å². The minimum Gasteiger partial charge on any atom is -0.517 e. The first-order chi connectivity index (χ1) is 22.0. The van der Waals surface area contributed by atoms with Crippen molar-refractivity contribution in [3.63, 3.8) is 0 Å². The van der Waals surface area contributed by atoms with Gasteiger partial charge in [0.05, 0.1) is 0 Å². The Balaban J connectivity index is -0.000000180. The molecule has 242 valence electrons. The van der Waals surface area contributed by atoms with Gasteiger partial charge in [-0.1, -0.05) is 148 Å². The van der Waals surface area contributed by atoms with Gasteiger partial charge in [0.1, 0.15) is 0 Å². The molecule has 0 fully saturated rings. The molecule has 0 aliphatic carbocycles. The molecule has 2 radical (unpaired) electrons. The quantitative estimate of drug-likeness (QED) is 0.0875. The maximum atomic E-state index is 7.50. The van der Waals surface area contributed by atoms with Crippen LogP contribution in [-0.4, -0.2) is 5.90 Å². The summed E-state index contributed by atoms with van der Waals surface area (Å²) >= 11 is 0. The minimum absolute atomic E-state index is 0. The molecule has 47 heavy (non-hydrogen) atoms. The van der Waals surface area contributed by atoms with E-state index in [1.807, 2.05) is 0 Å². The van der Waals surface area contributed by atoms with Gasteiger partial charge in [0.25, 0.3) is 0 Å². The fraction of sp³-hybridized carbons (Fsp3) is 0.135. The van der Waals surface area contributed by atoms with Crippen LogP contribution in [0.3, 0.4) is 0 Å². The normalized spacial score (nSPS) is 8.02. The monoisotopic (exact) mass is 745 g/mol. The topological polar surface area (TPSA) is 119 Å². The molecule has 0 N–H and O–H groups in total. The summed E-state index contributed by atoms with van der Waals surface area (Å²) in [4.78, 5) is 0. The molecule has 4 aromatic rings. The molecule has 0 aliphatic rings. The molecular formula is C37H33Mn2O6P2-. The van der Waals surface area contributed by atoms with Crippen LogP contribution in [0.25, 0.3) is 0 Å². The molecule has 0 saturated heterocycles. The number of hydrogen-bond donors (Lipinski definition) is 0. The number of benzene rings is 4. The zero-order valence-electron chi connectivity index (χ0n) is 26.0. The van der Waals surface area contributed by atoms with E-state index in [9.17, 15) is 0 Å². The molecule has 0 bridgehead atoms. The minimum atomic E-state index is -0.409. The number of rotatable bonds is 6. The summed E-state index contributed by atoms with van der Waals surface area (Å²) in [6.45, 7) is 38.4. The van der Waals surface area contributed by atoms with Gasteiger partial charge in [-0.25, -0.2) is 0 Å². The Labute approximate surface area is 303 Å². The number of allylic oxidation sites excluding steroid dienone is 1. The van der Waals surface area contributed by atoms with Crippen molar-refractivity contribution in [2.24, 2.45) is 5.41 Å². The van der Waals surface area contributed by atoms with Crippen molar-refractivity contribution in [3.8, 4) is 0 Å². The van der Waals surface area contributed by atoms with Gasteiger partial charge < -0.3 is 6.58 Å². The smallest absolute Gasteiger partial charge is 0.00405 e. The number of hydrogen-bond acceptors (Lipinski definition) is 0. The van der Waals surface area contributed by atoms with Crippen molar-refractivity contribution >= 4 is 37.1 Å². The second-order valence-electron chi connectivity index (χ2n) is 8.87. The zero-order valence-corrected chi connectivity index (χ0v) is 30.2. The summed E-state index contributed by atoms with van der Waals surface area (Å²) < 4.78 is 45.0. The van der Waals surface area contributed by atoms with Crippen LogP contribution in [0.4, 0.5) is 0 Å². The van der Waals surface area contributed by atoms with Crippen LogP contribution in [0.15, 0.2) is 127 Å². The molecule has 0 saturated carbocycles. The Bertz CT molecular complexity index is 1160. The summed E-state index contributed by atoms with van der Waals surface area (Å²) in [5.74, 6) is 1.17. The summed E-state index contributed by atoms with van der Waals surface area (Å²) in [6, 6.07) is 44.1. The Morgan fingerprint density at radius 1 is 0.447 bits per heavy atom. The van der Waals surface area contributed by atoms with Crippen molar-refractivity contribution < 1.29 is 62.1 Å². The first-order valence-electron chi connectivity index (χ1n) is 12.5. The molecule has 0 unspecified atom stereocenters. The largest absolute Gasteiger partial charge is 0.517 e. The average Bonchev–Trinajstić information content (AvgIpc) is 3.15. The summed E-state index contributed by atoms with van der Waals surface area (Å²) in [6.07, 6.45) is 1.69. The molecule has 0 heterocycles. The molecule has 0 aromatic heterocycles. The molecule has 4 aromatic carbocycles. The van der Waals surface area contributed by atoms with E-state index in [0.29, 0.717) is 0 Å². The van der Waals surface area contributed by atoms with E-state index >= 15 is 0 Å². The van der Waals surface area contributed by atoms with Crippen LogP contribution < -0.4 is 21.2 Å². The van der Waals surface area contributed by atoms with Gasteiger partial charge in [0.2, 0.25) is 0 Å². The van der Waals surface area contributed by atoms with Crippen LogP contribution in [-0.2, 0) is 62.1 Å². The van der Waals surface area contributed by atoms with Gasteiger partial charge in [-0.05, 0) is 37.1 Å². The van der Waals surface area contributed by atoms with Crippen LogP contribution >= 0.6 is 15.8 Å². The Morgan fingerprint density at radius 3 is 0.723 bits per heavy atom. The van der Waals surface area contributed by atoms with Gasteiger partial charge in [0, 0.05) is 40.0 Å². The summed E-state index contributed by atoms with van der Waals surface area (Å²) in [5.41, 5.74) is 0.194. The fourth-order valence-electron chi connectivity index (χ4n) is 3.20. The van der Waals surface area contributed by atoms with Crippen molar-refractivity contribution in [3.05, 3.63) is 174 Å². The molecule has 0 amide bonds. The average molecular weight is 745 g/mol. The fourth-order valence-corrected chi connectivity index (χ4v) is 9.67. The molecule has 4 rings (SSSR count). The molecule has 6 nitrogen and oxygen atoms in total. The maximum absolute atomic E-state index is 7.50. The van der Waals surface area contributed by atoms with Gasteiger partial charge in [-0.3, -0.25) is 6.08 Å². The molecular weight excluding hydrogens is 712 g/mol. The molecule has 10 heteroatoms. The van der Waals surface area contributed by atoms with E-state index < -0.39 is 15.8 Å². The van der Waals surface area contributed by atoms with Crippen molar-refractivity contribution in [1.29, 1.82) is 0 Å². The summed E-state index contributed by atoms with van der Waals surface area (Å²) in [5, 5.41) is 5.83. The Kier molecular flexibility index (Phi) is 49.1. The standard InChI is InChI=1S/C25H22P2.C6H11.6CO.2Mn/c1-5-13-22(14-6-1)26(23-15-7-2-8-16-23)21-27(24-17-9-3-10-18-24)25-19-11-4-12-20-25;1-5-6(2,3)4;6*1-2;;/h1-20H,21H2;1,5H,2-4H3;;;;;;;;/q;-1;;;;;;;;. The SMILES string of the molecule is [C-]#[O+].[C-]#[O+].[C-]#[O+].[C-]#[O+].[C-]#[O+].[C-]#[O+].[CH-]=CC(C)(C)C.[Mn].[Mn].c1ccc(P(CP(c2ccccc2)c2ccccc2)c2ccccc2)cc1. The van der Waals surface area contributed by atoms with Crippen molar-refractivity contribution in [2.75, 3.05) is 5.90 Å². The van der Waals surface area contributed by atoms with E-state index in [0.717, 1.165) is 0 Å². The van der Waals surface area contributed by atoms with Crippen molar-refractivity contribution in [2.45, 2.75) is 20.8 Å². The van der Waals surface area contributed by atoms with Crippen LogP contribution in [0.2, 0.25) is 0 Å². The van der Waals surface area contributed by atoms with E-state index in [1.54, 1.807) is 6.08 Å². The molecule has 0 atom stereocenters. The van der Waals surface area contributed by atoms with Gasteiger partial charge in [0.15, 0.2) is 0 Å². The maximum Gasteiger partial charge on any atom is 0.00405 e. The van der Waals surface area contributed by atoms with E-state index in [4.69, 9.17) is 34.5 Å². The Hall–Kier alpha value is -3.04. The zero-order chi connectivity index (χ0) is 35.5. The van der Waals surface area contributed by atoms with Gasteiger partial charge >= 0.3 is 67.8 Å². The third-order valence-electron chi connectivity index (χ3n) is 5.05. The second-order valence-corrected chi connectivity index (χ2v) is 13.8. The summed E-state index contributed by atoms with van der Waals surface area (Å²) in [7, 11) is -0.817. The predicted molar refractivity (Wildman–Crippen MR) is 175 cm³/mol. The molecule has 0 spiro atoms. The van der Waals surface area contributed by atoms with Gasteiger partial charge in [-0.15, -0.1) is 0 Å². The third kappa shape index (κ3) is 26.7. The van der Waals surface area contributed by atoms with Crippen molar-refractivity contribution in [1.82, 2.24) is 0 Å². The van der Waals surface area contributed by atoms with Gasteiger partial charge in [-0.2, -0.15) is 0 Å². The first-order valence-corrected chi connectivity index (χ1v) is 15.6. The van der Waals surface area contributed by atoms with Crippen LogP contribution in [0, 0.1) is 51.9 Å². The predicted octanol–water partition coefficient (Wildman–Crippen LogP) is 7.00.